The van der Waals surface area contributed by atoms with E-state index in [0.717, 1.165) is 12.8 Å². The minimum atomic E-state index is 0.197. The van der Waals surface area contributed by atoms with Crippen LogP contribution < -0.4 is 0 Å². The maximum absolute atomic E-state index is 12.1. The first-order valence-corrected chi connectivity index (χ1v) is 5.68. The van der Waals surface area contributed by atoms with Crippen molar-refractivity contribution in [3.8, 4) is 0 Å². The van der Waals surface area contributed by atoms with Crippen LogP contribution in [0.4, 0.5) is 0 Å². The van der Waals surface area contributed by atoms with Gasteiger partial charge in [-0.05, 0) is 18.9 Å². The normalized spacial score (nSPS) is 18.4. The number of aromatic nitrogens is 2. The molecule has 1 fully saturated rings. The van der Waals surface area contributed by atoms with Crippen LogP contribution in [0.3, 0.4) is 0 Å². The summed E-state index contributed by atoms with van der Waals surface area (Å²) in [4.78, 5) is 19.9. The molecule has 0 unspecified atom stereocenters. The van der Waals surface area contributed by atoms with E-state index in [1.165, 1.54) is 32.0 Å². The van der Waals surface area contributed by atoms with Crippen molar-refractivity contribution >= 4 is 5.78 Å². The lowest BCUT2D eigenvalue weighted by atomic mass is 9.93. The highest BCUT2D eigenvalue weighted by molar-refractivity contribution is 5.95. The molecule has 3 nitrogen and oxygen atoms in total. The Kier molecular flexibility index (Phi) is 3.43. The fourth-order valence-electron chi connectivity index (χ4n) is 2.19. The number of ketones is 1. The number of rotatable bonds is 2. The number of carbonyl (C=O) groups excluding carboxylic acids is 1. The number of hydrogen-bond acceptors (Lipinski definition) is 3. The van der Waals surface area contributed by atoms with Gasteiger partial charge in [-0.3, -0.25) is 4.79 Å². The average Bonchev–Trinajstić information content (AvgIpc) is 2.58. The Hall–Kier alpha value is -1.25. The van der Waals surface area contributed by atoms with Gasteiger partial charge < -0.3 is 0 Å². The van der Waals surface area contributed by atoms with Crippen molar-refractivity contribution in [1.29, 1.82) is 0 Å². The Morgan fingerprint density at radius 2 is 1.93 bits per heavy atom. The fourth-order valence-corrected chi connectivity index (χ4v) is 2.19. The Balaban J connectivity index is 2.06. The molecule has 1 aromatic rings. The van der Waals surface area contributed by atoms with E-state index in [0.29, 0.717) is 5.69 Å². The van der Waals surface area contributed by atoms with Crippen molar-refractivity contribution in [2.24, 2.45) is 5.92 Å². The van der Waals surface area contributed by atoms with Crippen LogP contribution in [-0.4, -0.2) is 15.8 Å². The van der Waals surface area contributed by atoms with Crippen LogP contribution in [0.1, 0.15) is 49.0 Å². The van der Waals surface area contributed by atoms with E-state index in [4.69, 9.17) is 0 Å². The third kappa shape index (κ3) is 2.61. The lowest BCUT2D eigenvalue weighted by Gasteiger charge is -2.11. The SMILES string of the molecule is O=C(c1ccncn1)C1CCCCCC1. The lowest BCUT2D eigenvalue weighted by molar-refractivity contribution is 0.0902. The molecule has 1 heterocycles. The molecule has 0 aromatic carbocycles. The molecule has 0 radical (unpaired) electrons. The second-order valence-electron chi connectivity index (χ2n) is 4.15. The molecule has 0 amide bonds. The van der Waals surface area contributed by atoms with Crippen molar-refractivity contribution in [1.82, 2.24) is 9.97 Å². The number of nitrogens with zero attached hydrogens (tertiary/aromatic N) is 2. The zero-order chi connectivity index (χ0) is 10.5. The van der Waals surface area contributed by atoms with E-state index in [2.05, 4.69) is 9.97 Å². The van der Waals surface area contributed by atoms with Crippen LogP contribution in [-0.2, 0) is 0 Å². The number of carbonyl (C=O) groups is 1. The Labute approximate surface area is 89.9 Å². The maximum Gasteiger partial charge on any atom is 0.184 e. The van der Waals surface area contributed by atoms with Crippen molar-refractivity contribution in [2.45, 2.75) is 38.5 Å². The summed E-state index contributed by atoms with van der Waals surface area (Å²) in [5, 5.41) is 0. The van der Waals surface area contributed by atoms with E-state index in [9.17, 15) is 4.79 Å². The molecule has 0 aliphatic heterocycles. The molecular weight excluding hydrogens is 188 g/mol. The van der Waals surface area contributed by atoms with Crippen LogP contribution in [0.2, 0.25) is 0 Å². The number of Topliss-reactive ketones (excluding diaryl/α,β-unsaturated/α-hetero) is 1. The van der Waals surface area contributed by atoms with Gasteiger partial charge in [-0.2, -0.15) is 0 Å². The predicted octanol–water partition coefficient (Wildman–Crippen LogP) is 2.63. The quantitative estimate of drug-likeness (QED) is 0.549. The zero-order valence-electron chi connectivity index (χ0n) is 8.85. The van der Waals surface area contributed by atoms with E-state index >= 15 is 0 Å². The van der Waals surface area contributed by atoms with Crippen LogP contribution in [0.5, 0.6) is 0 Å². The third-order valence-electron chi connectivity index (χ3n) is 3.06. The van der Waals surface area contributed by atoms with Gasteiger partial charge in [0.05, 0.1) is 0 Å². The summed E-state index contributed by atoms with van der Waals surface area (Å²) in [7, 11) is 0. The molecule has 0 saturated heterocycles. The van der Waals surface area contributed by atoms with Crippen LogP contribution in [0.15, 0.2) is 18.6 Å². The van der Waals surface area contributed by atoms with Gasteiger partial charge in [0, 0.05) is 12.1 Å². The smallest absolute Gasteiger partial charge is 0.184 e. The summed E-state index contributed by atoms with van der Waals surface area (Å²) in [6.07, 6.45) is 10.1. The second kappa shape index (κ2) is 5.01. The summed E-state index contributed by atoms with van der Waals surface area (Å²) in [6.45, 7) is 0. The van der Waals surface area contributed by atoms with Crippen molar-refractivity contribution in [2.75, 3.05) is 0 Å². The topological polar surface area (TPSA) is 42.9 Å². The van der Waals surface area contributed by atoms with E-state index in [1.807, 2.05) is 0 Å². The summed E-state index contributed by atoms with van der Waals surface area (Å²) in [5.41, 5.74) is 0.580. The molecule has 0 bridgehead atoms. The molecule has 0 N–H and O–H groups in total. The monoisotopic (exact) mass is 204 g/mol. The summed E-state index contributed by atoms with van der Waals surface area (Å²) < 4.78 is 0. The Bertz CT molecular complexity index is 316. The van der Waals surface area contributed by atoms with E-state index < -0.39 is 0 Å². The maximum atomic E-state index is 12.1. The van der Waals surface area contributed by atoms with E-state index in [1.54, 1.807) is 12.3 Å². The molecule has 80 valence electrons. The van der Waals surface area contributed by atoms with Gasteiger partial charge in [0.25, 0.3) is 0 Å². The van der Waals surface area contributed by atoms with Gasteiger partial charge in [-0.25, -0.2) is 9.97 Å². The van der Waals surface area contributed by atoms with Crippen LogP contribution >= 0.6 is 0 Å². The Morgan fingerprint density at radius 1 is 1.20 bits per heavy atom. The summed E-state index contributed by atoms with van der Waals surface area (Å²) in [5.74, 6) is 0.404. The zero-order valence-corrected chi connectivity index (χ0v) is 8.85. The highest BCUT2D eigenvalue weighted by atomic mass is 16.1. The molecule has 3 heteroatoms. The van der Waals surface area contributed by atoms with Crippen molar-refractivity contribution < 1.29 is 4.79 Å². The van der Waals surface area contributed by atoms with Gasteiger partial charge in [0.1, 0.15) is 12.0 Å². The van der Waals surface area contributed by atoms with Gasteiger partial charge in [-0.15, -0.1) is 0 Å². The minimum absolute atomic E-state index is 0.197. The largest absolute Gasteiger partial charge is 0.292 e. The molecule has 2 rings (SSSR count). The highest BCUT2D eigenvalue weighted by Crippen LogP contribution is 2.25. The molecule has 0 atom stereocenters. The lowest BCUT2D eigenvalue weighted by Crippen LogP contribution is -2.15. The summed E-state index contributed by atoms with van der Waals surface area (Å²) >= 11 is 0. The molecule has 15 heavy (non-hydrogen) atoms. The molecule has 0 spiro atoms. The van der Waals surface area contributed by atoms with Gasteiger partial charge in [0.2, 0.25) is 0 Å². The summed E-state index contributed by atoms with van der Waals surface area (Å²) in [6, 6.07) is 1.72. The molecular formula is C12H16N2O. The first-order chi connectivity index (χ1) is 7.38. The molecule has 1 saturated carbocycles. The van der Waals surface area contributed by atoms with Crippen LogP contribution in [0, 0.1) is 5.92 Å². The van der Waals surface area contributed by atoms with Gasteiger partial charge in [0.15, 0.2) is 5.78 Å². The van der Waals surface area contributed by atoms with Crippen LogP contribution in [0.25, 0.3) is 0 Å². The number of hydrogen-bond donors (Lipinski definition) is 0. The van der Waals surface area contributed by atoms with Gasteiger partial charge >= 0.3 is 0 Å². The third-order valence-corrected chi connectivity index (χ3v) is 3.06. The van der Waals surface area contributed by atoms with E-state index in [-0.39, 0.29) is 11.7 Å². The molecule has 1 aliphatic carbocycles. The van der Waals surface area contributed by atoms with Crippen molar-refractivity contribution in [3.63, 3.8) is 0 Å². The second-order valence-corrected chi connectivity index (χ2v) is 4.15. The fraction of sp³-hybridized carbons (Fsp3) is 0.583. The predicted molar refractivity (Wildman–Crippen MR) is 57.6 cm³/mol. The molecule has 1 aliphatic rings. The Morgan fingerprint density at radius 3 is 2.53 bits per heavy atom. The average molecular weight is 204 g/mol. The van der Waals surface area contributed by atoms with Gasteiger partial charge in [-0.1, -0.05) is 25.7 Å². The minimum Gasteiger partial charge on any atom is -0.292 e. The highest BCUT2D eigenvalue weighted by Gasteiger charge is 2.21. The molecule has 1 aromatic heterocycles. The van der Waals surface area contributed by atoms with Crippen molar-refractivity contribution in [3.05, 3.63) is 24.3 Å². The standard InChI is InChI=1S/C12H16N2O/c15-12(11-7-8-13-9-14-11)10-5-3-1-2-4-6-10/h7-10H,1-6H2. The first kappa shape index (κ1) is 10.3. The first-order valence-electron chi connectivity index (χ1n) is 5.68.